The summed E-state index contributed by atoms with van der Waals surface area (Å²) in [5.41, 5.74) is 5.66. The molecule has 2 nitrogen and oxygen atoms in total. The molecule has 0 amide bonds. The molecule has 10 heavy (non-hydrogen) atoms. The molecular weight excluding hydrogens is 126 g/mol. The maximum Gasteiger partial charge on any atom is 0.0694 e. The van der Waals surface area contributed by atoms with Crippen LogP contribution >= 0.6 is 0 Å². The SMILES string of the molecule is N[C@H]1CCC=CCC[C@@H]1O. The second-order valence-electron chi connectivity index (χ2n) is 2.86. The van der Waals surface area contributed by atoms with Crippen LogP contribution in [0.15, 0.2) is 12.2 Å². The van der Waals surface area contributed by atoms with Crippen molar-refractivity contribution < 1.29 is 5.11 Å². The Bertz CT molecular complexity index is 108. The fraction of sp³-hybridized carbons (Fsp3) is 0.750. The average molecular weight is 141 g/mol. The van der Waals surface area contributed by atoms with Gasteiger partial charge in [0.05, 0.1) is 6.10 Å². The summed E-state index contributed by atoms with van der Waals surface area (Å²) in [6.07, 6.45) is 7.69. The zero-order valence-corrected chi connectivity index (χ0v) is 6.16. The fourth-order valence-corrected chi connectivity index (χ4v) is 1.20. The minimum atomic E-state index is -0.287. The van der Waals surface area contributed by atoms with E-state index in [1.807, 2.05) is 0 Å². The Hall–Kier alpha value is -0.340. The van der Waals surface area contributed by atoms with Gasteiger partial charge in [-0.2, -0.15) is 0 Å². The quantitative estimate of drug-likeness (QED) is 0.490. The van der Waals surface area contributed by atoms with Gasteiger partial charge in [0.15, 0.2) is 0 Å². The Kier molecular flexibility index (Phi) is 2.90. The zero-order valence-electron chi connectivity index (χ0n) is 6.16. The number of hydrogen-bond acceptors (Lipinski definition) is 2. The van der Waals surface area contributed by atoms with E-state index in [2.05, 4.69) is 12.2 Å². The number of rotatable bonds is 0. The molecule has 0 saturated heterocycles. The molecule has 2 atom stereocenters. The summed E-state index contributed by atoms with van der Waals surface area (Å²) < 4.78 is 0. The lowest BCUT2D eigenvalue weighted by Gasteiger charge is -2.18. The van der Waals surface area contributed by atoms with Gasteiger partial charge in [-0.05, 0) is 25.7 Å². The van der Waals surface area contributed by atoms with Crippen molar-refractivity contribution in [3.8, 4) is 0 Å². The van der Waals surface area contributed by atoms with Crippen molar-refractivity contribution in [2.24, 2.45) is 5.73 Å². The molecule has 0 saturated carbocycles. The second-order valence-corrected chi connectivity index (χ2v) is 2.86. The van der Waals surface area contributed by atoms with Crippen LogP contribution < -0.4 is 5.73 Å². The summed E-state index contributed by atoms with van der Waals surface area (Å²) in [7, 11) is 0. The number of nitrogens with two attached hydrogens (primary N) is 1. The molecule has 0 fully saturated rings. The van der Waals surface area contributed by atoms with Crippen molar-refractivity contribution in [3.63, 3.8) is 0 Å². The smallest absolute Gasteiger partial charge is 0.0694 e. The summed E-state index contributed by atoms with van der Waals surface area (Å²) in [4.78, 5) is 0. The zero-order chi connectivity index (χ0) is 7.40. The minimum Gasteiger partial charge on any atom is -0.392 e. The molecule has 0 unspecified atom stereocenters. The van der Waals surface area contributed by atoms with Crippen molar-refractivity contribution in [2.75, 3.05) is 0 Å². The van der Waals surface area contributed by atoms with E-state index in [9.17, 15) is 5.11 Å². The standard InChI is InChI=1S/C8H15NO/c9-7-5-3-1-2-4-6-8(7)10/h1-2,7-8,10H,3-6,9H2/t7-,8-/m0/s1. The Labute approximate surface area is 61.7 Å². The molecule has 3 N–H and O–H groups in total. The van der Waals surface area contributed by atoms with Crippen molar-refractivity contribution in [3.05, 3.63) is 12.2 Å². The molecule has 0 bridgehead atoms. The molecule has 58 valence electrons. The van der Waals surface area contributed by atoms with Gasteiger partial charge in [-0.15, -0.1) is 0 Å². The molecule has 1 aliphatic rings. The molecule has 1 aliphatic carbocycles. The monoisotopic (exact) mass is 141 g/mol. The van der Waals surface area contributed by atoms with Crippen molar-refractivity contribution in [2.45, 2.75) is 37.8 Å². The van der Waals surface area contributed by atoms with E-state index in [0.29, 0.717) is 0 Å². The predicted molar refractivity (Wildman–Crippen MR) is 41.6 cm³/mol. The highest BCUT2D eigenvalue weighted by Gasteiger charge is 2.13. The largest absolute Gasteiger partial charge is 0.392 e. The van der Waals surface area contributed by atoms with Gasteiger partial charge in [0.1, 0.15) is 0 Å². The molecule has 0 aromatic rings. The Balaban J connectivity index is 2.40. The van der Waals surface area contributed by atoms with Crippen molar-refractivity contribution >= 4 is 0 Å². The van der Waals surface area contributed by atoms with E-state index in [4.69, 9.17) is 5.73 Å². The third-order valence-electron chi connectivity index (χ3n) is 1.96. The summed E-state index contributed by atoms with van der Waals surface area (Å²) in [5.74, 6) is 0. The maximum absolute atomic E-state index is 9.32. The topological polar surface area (TPSA) is 46.2 Å². The highest BCUT2D eigenvalue weighted by atomic mass is 16.3. The van der Waals surface area contributed by atoms with Crippen LogP contribution in [0.4, 0.5) is 0 Å². The Morgan fingerprint density at radius 1 is 1.20 bits per heavy atom. The van der Waals surface area contributed by atoms with E-state index in [0.717, 1.165) is 25.7 Å². The van der Waals surface area contributed by atoms with E-state index in [-0.39, 0.29) is 12.1 Å². The number of allylic oxidation sites excluding steroid dienone is 2. The lowest BCUT2D eigenvalue weighted by Crippen LogP contribution is -2.34. The van der Waals surface area contributed by atoms with Crippen LogP contribution in [0.25, 0.3) is 0 Å². The molecule has 0 aromatic carbocycles. The first-order valence-electron chi connectivity index (χ1n) is 3.89. The minimum absolute atomic E-state index is 0.00931. The van der Waals surface area contributed by atoms with Gasteiger partial charge < -0.3 is 10.8 Å². The summed E-state index contributed by atoms with van der Waals surface area (Å²) in [5, 5.41) is 9.32. The van der Waals surface area contributed by atoms with Gasteiger partial charge in [-0.25, -0.2) is 0 Å². The van der Waals surface area contributed by atoms with Gasteiger partial charge in [0.25, 0.3) is 0 Å². The third-order valence-corrected chi connectivity index (χ3v) is 1.96. The maximum atomic E-state index is 9.32. The molecule has 2 heteroatoms. The van der Waals surface area contributed by atoms with E-state index in [1.165, 1.54) is 0 Å². The summed E-state index contributed by atoms with van der Waals surface area (Å²) in [6.45, 7) is 0. The molecule has 1 rings (SSSR count). The molecule has 0 spiro atoms. The normalized spacial score (nSPS) is 35.0. The molecule has 0 heterocycles. The van der Waals surface area contributed by atoms with Gasteiger partial charge in [0, 0.05) is 6.04 Å². The van der Waals surface area contributed by atoms with E-state index >= 15 is 0 Å². The van der Waals surface area contributed by atoms with Crippen LogP contribution in [0.3, 0.4) is 0 Å². The highest BCUT2D eigenvalue weighted by molar-refractivity contribution is 4.88. The summed E-state index contributed by atoms with van der Waals surface area (Å²) >= 11 is 0. The van der Waals surface area contributed by atoms with Crippen LogP contribution in [-0.4, -0.2) is 17.3 Å². The first kappa shape index (κ1) is 7.76. The van der Waals surface area contributed by atoms with Crippen molar-refractivity contribution in [1.29, 1.82) is 0 Å². The Morgan fingerprint density at radius 3 is 2.50 bits per heavy atom. The van der Waals surface area contributed by atoms with Crippen LogP contribution in [0.1, 0.15) is 25.7 Å². The van der Waals surface area contributed by atoms with Crippen LogP contribution in [0, 0.1) is 0 Å². The van der Waals surface area contributed by atoms with Crippen LogP contribution in [-0.2, 0) is 0 Å². The fourth-order valence-electron chi connectivity index (χ4n) is 1.20. The van der Waals surface area contributed by atoms with Gasteiger partial charge in [-0.1, -0.05) is 12.2 Å². The number of hydrogen-bond donors (Lipinski definition) is 2. The second kappa shape index (κ2) is 3.74. The summed E-state index contributed by atoms with van der Waals surface area (Å²) in [6, 6.07) is -0.00931. The van der Waals surface area contributed by atoms with Gasteiger partial charge in [-0.3, -0.25) is 0 Å². The lowest BCUT2D eigenvalue weighted by molar-refractivity contribution is 0.131. The van der Waals surface area contributed by atoms with Crippen molar-refractivity contribution in [1.82, 2.24) is 0 Å². The lowest BCUT2D eigenvalue weighted by atomic mass is 9.99. The van der Waals surface area contributed by atoms with Gasteiger partial charge in [0.2, 0.25) is 0 Å². The van der Waals surface area contributed by atoms with Crippen LogP contribution in [0.5, 0.6) is 0 Å². The van der Waals surface area contributed by atoms with Gasteiger partial charge >= 0.3 is 0 Å². The van der Waals surface area contributed by atoms with E-state index < -0.39 is 0 Å². The first-order chi connectivity index (χ1) is 4.80. The third kappa shape index (κ3) is 2.12. The molecular formula is C8H15NO. The average Bonchev–Trinajstić information content (AvgIpc) is 1.92. The molecule has 0 radical (unpaired) electrons. The molecule has 0 aliphatic heterocycles. The first-order valence-corrected chi connectivity index (χ1v) is 3.89. The molecule has 0 aromatic heterocycles. The highest BCUT2D eigenvalue weighted by Crippen LogP contribution is 2.10. The Morgan fingerprint density at radius 2 is 1.80 bits per heavy atom. The number of aliphatic hydroxyl groups excluding tert-OH is 1. The van der Waals surface area contributed by atoms with E-state index in [1.54, 1.807) is 0 Å². The predicted octanol–water partition coefficient (Wildman–Crippen LogP) is 0.805. The van der Waals surface area contributed by atoms with Crippen LogP contribution in [0.2, 0.25) is 0 Å². The number of aliphatic hydroxyl groups is 1.